The van der Waals surface area contributed by atoms with Crippen LogP contribution in [0.5, 0.6) is 11.5 Å². The molecule has 1 aromatic heterocycles. The number of methoxy groups -OCH3 is 1. The van der Waals surface area contributed by atoms with Crippen molar-refractivity contribution in [2.45, 2.75) is 0 Å². The van der Waals surface area contributed by atoms with E-state index in [1.165, 1.54) is 19.2 Å². The Bertz CT molecular complexity index is 819. The molecule has 1 heterocycles. The molecule has 0 bridgehead atoms. The van der Waals surface area contributed by atoms with Crippen LogP contribution in [0.2, 0.25) is 0 Å². The Balaban J connectivity index is 2.27. The van der Waals surface area contributed by atoms with Crippen LogP contribution in [0.4, 0.5) is 0 Å². The number of phenols is 1. The van der Waals surface area contributed by atoms with Crippen molar-refractivity contribution in [2.75, 3.05) is 7.11 Å². The lowest BCUT2D eigenvalue weighted by Gasteiger charge is -2.06. The van der Waals surface area contributed by atoms with Gasteiger partial charge in [-0.3, -0.25) is 0 Å². The lowest BCUT2D eigenvalue weighted by atomic mass is 10.1. The number of phenolic OH excluding ortho intramolecular Hbond substituents is 1. The molecule has 20 heavy (non-hydrogen) atoms. The molecule has 1 N–H and O–H groups in total. The van der Waals surface area contributed by atoms with Crippen LogP contribution < -0.4 is 10.4 Å². The molecule has 3 rings (SSSR count). The van der Waals surface area contributed by atoms with Crippen molar-refractivity contribution >= 4 is 11.0 Å². The number of hydrogen-bond acceptors (Lipinski definition) is 4. The standard InChI is InChI=1S/C16H12O4/c1-19-15-9-14-11(8-13(15)17)7-12(16(18)20-14)10-5-3-2-4-6-10/h2-9,17H,1H3. The van der Waals surface area contributed by atoms with Crippen LogP contribution in [0.15, 0.2) is 57.7 Å². The molecule has 0 spiro atoms. The molecule has 0 aliphatic carbocycles. The first-order chi connectivity index (χ1) is 9.69. The van der Waals surface area contributed by atoms with Crippen LogP contribution in [0, 0.1) is 0 Å². The van der Waals surface area contributed by atoms with Crippen molar-refractivity contribution in [1.82, 2.24) is 0 Å². The van der Waals surface area contributed by atoms with Crippen LogP contribution in [0.1, 0.15) is 0 Å². The summed E-state index contributed by atoms with van der Waals surface area (Å²) in [6, 6.07) is 14.0. The maximum absolute atomic E-state index is 12.0. The third-order valence-electron chi connectivity index (χ3n) is 3.12. The van der Waals surface area contributed by atoms with Gasteiger partial charge in [0.05, 0.1) is 12.7 Å². The second-order valence-electron chi connectivity index (χ2n) is 4.38. The normalized spacial score (nSPS) is 10.7. The van der Waals surface area contributed by atoms with Gasteiger partial charge in [0, 0.05) is 11.5 Å². The molecule has 100 valence electrons. The van der Waals surface area contributed by atoms with Gasteiger partial charge >= 0.3 is 5.63 Å². The first-order valence-electron chi connectivity index (χ1n) is 6.09. The van der Waals surface area contributed by atoms with Gasteiger partial charge in [-0.2, -0.15) is 0 Å². The van der Waals surface area contributed by atoms with E-state index in [4.69, 9.17) is 9.15 Å². The fourth-order valence-corrected chi connectivity index (χ4v) is 2.12. The molecular weight excluding hydrogens is 256 g/mol. The molecule has 0 atom stereocenters. The van der Waals surface area contributed by atoms with Crippen molar-refractivity contribution in [1.29, 1.82) is 0 Å². The number of rotatable bonds is 2. The Morgan fingerprint density at radius 3 is 2.55 bits per heavy atom. The van der Waals surface area contributed by atoms with Crippen molar-refractivity contribution in [3.05, 3.63) is 59.0 Å². The minimum Gasteiger partial charge on any atom is -0.504 e. The first-order valence-corrected chi connectivity index (χ1v) is 6.09. The van der Waals surface area contributed by atoms with E-state index in [0.717, 1.165) is 5.56 Å². The minimum atomic E-state index is -0.420. The van der Waals surface area contributed by atoms with E-state index in [0.29, 0.717) is 16.5 Å². The lowest BCUT2D eigenvalue weighted by molar-refractivity contribution is 0.373. The molecule has 0 fully saturated rings. The van der Waals surface area contributed by atoms with Crippen molar-refractivity contribution in [3.63, 3.8) is 0 Å². The van der Waals surface area contributed by atoms with E-state index in [1.807, 2.05) is 30.3 Å². The van der Waals surface area contributed by atoms with Crippen LogP contribution >= 0.6 is 0 Å². The average molecular weight is 268 g/mol. The summed E-state index contributed by atoms with van der Waals surface area (Å²) in [5.41, 5.74) is 1.20. The Hall–Kier alpha value is -2.75. The molecule has 2 aromatic carbocycles. The van der Waals surface area contributed by atoms with E-state index < -0.39 is 5.63 Å². The number of hydrogen-bond donors (Lipinski definition) is 1. The molecule has 0 saturated heterocycles. The molecular formula is C16H12O4. The van der Waals surface area contributed by atoms with Crippen molar-refractivity contribution in [3.8, 4) is 22.6 Å². The van der Waals surface area contributed by atoms with Gasteiger partial charge in [0.15, 0.2) is 11.5 Å². The Morgan fingerprint density at radius 1 is 1.10 bits per heavy atom. The summed E-state index contributed by atoms with van der Waals surface area (Å²) < 4.78 is 10.3. The summed E-state index contributed by atoms with van der Waals surface area (Å²) >= 11 is 0. The number of aromatic hydroxyl groups is 1. The maximum atomic E-state index is 12.0. The van der Waals surface area contributed by atoms with Gasteiger partial charge in [-0.15, -0.1) is 0 Å². The highest BCUT2D eigenvalue weighted by Gasteiger charge is 2.10. The van der Waals surface area contributed by atoms with Crippen molar-refractivity contribution < 1.29 is 14.3 Å². The zero-order chi connectivity index (χ0) is 14.1. The molecule has 0 saturated carbocycles. The first kappa shape index (κ1) is 12.3. The van der Waals surface area contributed by atoms with E-state index in [1.54, 1.807) is 6.07 Å². The minimum absolute atomic E-state index is 0.00728. The molecule has 0 amide bonds. The highest BCUT2D eigenvalue weighted by Crippen LogP contribution is 2.32. The Labute approximate surface area is 114 Å². The zero-order valence-corrected chi connectivity index (χ0v) is 10.8. The highest BCUT2D eigenvalue weighted by molar-refractivity contribution is 5.84. The fourth-order valence-electron chi connectivity index (χ4n) is 2.12. The fraction of sp³-hybridized carbons (Fsp3) is 0.0625. The number of fused-ring (bicyclic) bond motifs is 1. The van der Waals surface area contributed by atoms with Crippen molar-refractivity contribution in [2.24, 2.45) is 0 Å². The zero-order valence-electron chi connectivity index (χ0n) is 10.8. The Kier molecular flexibility index (Phi) is 2.91. The van der Waals surface area contributed by atoms with E-state index in [2.05, 4.69) is 0 Å². The van der Waals surface area contributed by atoms with Gasteiger partial charge in [0.25, 0.3) is 0 Å². The topological polar surface area (TPSA) is 59.7 Å². The SMILES string of the molecule is COc1cc2oc(=O)c(-c3ccccc3)cc2cc1O. The molecule has 0 unspecified atom stereocenters. The molecule has 0 aliphatic heterocycles. The largest absolute Gasteiger partial charge is 0.504 e. The van der Waals surface area contributed by atoms with E-state index >= 15 is 0 Å². The molecule has 0 aliphatic rings. The van der Waals surface area contributed by atoms with Crippen LogP contribution in [-0.4, -0.2) is 12.2 Å². The predicted molar refractivity (Wildman–Crippen MR) is 76.1 cm³/mol. The van der Waals surface area contributed by atoms with Gasteiger partial charge < -0.3 is 14.3 Å². The molecule has 0 radical (unpaired) electrons. The second-order valence-corrected chi connectivity index (χ2v) is 4.38. The van der Waals surface area contributed by atoms with E-state index in [9.17, 15) is 9.90 Å². The summed E-state index contributed by atoms with van der Waals surface area (Å²) in [6.45, 7) is 0. The van der Waals surface area contributed by atoms with Gasteiger partial charge in [-0.1, -0.05) is 30.3 Å². The van der Waals surface area contributed by atoms with E-state index in [-0.39, 0.29) is 11.5 Å². The lowest BCUT2D eigenvalue weighted by Crippen LogP contribution is -2.02. The smallest absolute Gasteiger partial charge is 0.344 e. The molecule has 4 heteroatoms. The predicted octanol–water partition coefficient (Wildman–Crippen LogP) is 3.17. The average Bonchev–Trinajstić information content (AvgIpc) is 2.47. The van der Waals surface area contributed by atoms with Gasteiger partial charge in [-0.25, -0.2) is 4.79 Å². The van der Waals surface area contributed by atoms with Crippen LogP contribution in [-0.2, 0) is 0 Å². The summed E-state index contributed by atoms with van der Waals surface area (Å²) in [5.74, 6) is 0.279. The van der Waals surface area contributed by atoms with Crippen LogP contribution in [0.25, 0.3) is 22.1 Å². The van der Waals surface area contributed by atoms with Gasteiger partial charge in [0.2, 0.25) is 0 Å². The van der Waals surface area contributed by atoms with Crippen LogP contribution in [0.3, 0.4) is 0 Å². The van der Waals surface area contributed by atoms with Gasteiger partial charge in [-0.05, 0) is 17.7 Å². The quantitative estimate of drug-likeness (QED) is 0.725. The summed E-state index contributed by atoms with van der Waals surface area (Å²) in [6.07, 6.45) is 0. The summed E-state index contributed by atoms with van der Waals surface area (Å²) in [5, 5.41) is 10.4. The maximum Gasteiger partial charge on any atom is 0.344 e. The molecule has 4 nitrogen and oxygen atoms in total. The summed E-state index contributed by atoms with van der Waals surface area (Å²) in [7, 11) is 1.44. The number of ether oxygens (including phenoxy) is 1. The number of benzene rings is 2. The highest BCUT2D eigenvalue weighted by atomic mass is 16.5. The Morgan fingerprint density at radius 2 is 1.85 bits per heavy atom. The monoisotopic (exact) mass is 268 g/mol. The second kappa shape index (κ2) is 4.74. The third kappa shape index (κ3) is 2.01. The van der Waals surface area contributed by atoms with Gasteiger partial charge in [0.1, 0.15) is 5.58 Å². The summed E-state index contributed by atoms with van der Waals surface area (Å²) in [4.78, 5) is 12.0. The molecule has 3 aromatic rings. The third-order valence-corrected chi connectivity index (χ3v) is 3.12.